The molecule has 0 saturated heterocycles. The van der Waals surface area contributed by atoms with E-state index in [0.29, 0.717) is 11.5 Å². The summed E-state index contributed by atoms with van der Waals surface area (Å²) in [6.07, 6.45) is 14.8. The quantitative estimate of drug-likeness (QED) is 0.400. The van der Waals surface area contributed by atoms with Crippen molar-refractivity contribution in [3.63, 3.8) is 0 Å². The molecule has 2 saturated carbocycles. The normalized spacial score (nSPS) is 27.9. The van der Waals surface area contributed by atoms with Crippen LogP contribution in [0.3, 0.4) is 0 Å². The van der Waals surface area contributed by atoms with Crippen LogP contribution in [0.1, 0.15) is 95.5 Å². The van der Waals surface area contributed by atoms with E-state index in [2.05, 4.69) is 11.7 Å². The number of ether oxygens (including phenoxy) is 1. The van der Waals surface area contributed by atoms with E-state index in [-0.39, 0.29) is 16.7 Å². The maximum Gasteiger partial charge on any atom is 0.387 e. The fraction of sp³-hybridized carbons (Fsp3) is 0.750. The van der Waals surface area contributed by atoms with Crippen molar-refractivity contribution >= 4 is 11.6 Å². The number of hydrogen-bond donors (Lipinski definition) is 0. The summed E-state index contributed by atoms with van der Waals surface area (Å²) < 4.78 is 44.3. The van der Waals surface area contributed by atoms with E-state index in [1.807, 2.05) is 0 Å². The summed E-state index contributed by atoms with van der Waals surface area (Å²) in [5, 5.41) is -0.174. The molecular formula is C24H34ClF3O. The van der Waals surface area contributed by atoms with Crippen LogP contribution < -0.4 is 4.74 Å². The molecule has 2 aliphatic rings. The number of benzene rings is 1. The second-order valence-electron chi connectivity index (χ2n) is 9.13. The lowest BCUT2D eigenvalue weighted by molar-refractivity contribution is -0.0531. The minimum absolute atomic E-state index is 0.0660. The van der Waals surface area contributed by atoms with Crippen molar-refractivity contribution in [3.8, 4) is 5.75 Å². The van der Waals surface area contributed by atoms with Gasteiger partial charge in [0.2, 0.25) is 0 Å². The lowest BCUT2D eigenvalue weighted by Gasteiger charge is -2.32. The summed E-state index contributed by atoms with van der Waals surface area (Å²) in [6.45, 7) is -0.769. The van der Waals surface area contributed by atoms with E-state index in [1.165, 1.54) is 57.4 Å². The van der Waals surface area contributed by atoms with Gasteiger partial charge in [-0.3, -0.25) is 0 Å². The molecule has 29 heavy (non-hydrogen) atoms. The molecule has 3 rings (SSSR count). The molecule has 1 aromatic carbocycles. The third-order valence-corrected chi connectivity index (χ3v) is 7.51. The maximum atomic E-state index is 14.3. The Kier molecular flexibility index (Phi) is 8.58. The van der Waals surface area contributed by atoms with Crippen LogP contribution in [0, 0.1) is 23.6 Å². The number of halogens is 4. The van der Waals surface area contributed by atoms with Crippen molar-refractivity contribution in [2.45, 2.75) is 96.5 Å². The first-order chi connectivity index (χ1) is 14.0. The van der Waals surface area contributed by atoms with Gasteiger partial charge in [0.25, 0.3) is 0 Å². The van der Waals surface area contributed by atoms with Crippen molar-refractivity contribution < 1.29 is 17.9 Å². The zero-order chi connectivity index (χ0) is 20.8. The Hall–Kier alpha value is -0.900. The monoisotopic (exact) mass is 430 g/mol. The average molecular weight is 431 g/mol. The largest absolute Gasteiger partial charge is 0.431 e. The van der Waals surface area contributed by atoms with Gasteiger partial charge in [-0.15, -0.1) is 0 Å². The summed E-state index contributed by atoms with van der Waals surface area (Å²) in [6, 6.07) is 3.11. The first kappa shape index (κ1) is 22.8. The van der Waals surface area contributed by atoms with Crippen LogP contribution in [-0.2, 0) is 0 Å². The summed E-state index contributed by atoms with van der Waals surface area (Å²) in [4.78, 5) is 0. The lowest BCUT2D eigenvalue weighted by atomic mass is 9.74. The Bertz CT molecular complexity index is 635. The number of hydrogen-bond acceptors (Lipinski definition) is 1. The molecule has 0 heterocycles. The van der Waals surface area contributed by atoms with Crippen LogP contribution in [0.5, 0.6) is 5.75 Å². The highest BCUT2D eigenvalue weighted by atomic mass is 35.5. The molecule has 0 spiro atoms. The molecular weight excluding hydrogens is 397 g/mol. The van der Waals surface area contributed by atoms with Gasteiger partial charge in [-0.1, -0.05) is 76.0 Å². The molecule has 0 atom stereocenters. The van der Waals surface area contributed by atoms with Crippen LogP contribution in [0.4, 0.5) is 13.2 Å². The van der Waals surface area contributed by atoms with E-state index in [1.54, 1.807) is 6.07 Å². The fourth-order valence-electron chi connectivity index (χ4n) is 5.53. The molecule has 1 aromatic rings. The van der Waals surface area contributed by atoms with E-state index >= 15 is 0 Å². The Balaban J connectivity index is 1.48. The highest BCUT2D eigenvalue weighted by Crippen LogP contribution is 2.44. The zero-order valence-corrected chi connectivity index (χ0v) is 18.2. The highest BCUT2D eigenvalue weighted by molar-refractivity contribution is 6.30. The van der Waals surface area contributed by atoms with Crippen LogP contribution in [0.2, 0.25) is 5.02 Å². The van der Waals surface area contributed by atoms with E-state index < -0.39 is 12.4 Å². The molecule has 1 nitrogen and oxygen atoms in total. The van der Waals surface area contributed by atoms with Gasteiger partial charge in [-0.2, -0.15) is 8.78 Å². The number of alkyl halides is 2. The van der Waals surface area contributed by atoms with Crippen LogP contribution in [0.25, 0.3) is 0 Å². The Morgan fingerprint density at radius 3 is 1.93 bits per heavy atom. The Morgan fingerprint density at radius 2 is 1.41 bits per heavy atom. The second kappa shape index (κ2) is 10.9. The SMILES string of the molecule is CCCC1CCC(CCC2CCC(c3ccc(Cl)c(F)c3OC(F)F)CC2)CC1. The van der Waals surface area contributed by atoms with Gasteiger partial charge in [0.05, 0.1) is 5.02 Å². The minimum atomic E-state index is -3.05. The third kappa shape index (κ3) is 6.29. The van der Waals surface area contributed by atoms with Gasteiger partial charge < -0.3 is 4.74 Å². The second-order valence-corrected chi connectivity index (χ2v) is 9.54. The van der Waals surface area contributed by atoms with Gasteiger partial charge in [0, 0.05) is 5.56 Å². The van der Waals surface area contributed by atoms with Crippen LogP contribution in [-0.4, -0.2) is 6.61 Å². The molecule has 2 fully saturated rings. The molecule has 5 heteroatoms. The minimum Gasteiger partial charge on any atom is -0.431 e. The van der Waals surface area contributed by atoms with Gasteiger partial charge in [-0.05, 0) is 55.4 Å². The molecule has 0 bridgehead atoms. The molecule has 164 valence electrons. The number of rotatable bonds is 8. The van der Waals surface area contributed by atoms with Gasteiger partial charge >= 0.3 is 6.61 Å². The van der Waals surface area contributed by atoms with E-state index in [4.69, 9.17) is 11.6 Å². The van der Waals surface area contributed by atoms with Gasteiger partial charge in [0.15, 0.2) is 11.6 Å². The average Bonchev–Trinajstić information content (AvgIpc) is 2.72. The standard InChI is InChI=1S/C24H34ClF3O/c1-2-3-16-4-6-17(7-5-16)8-9-18-10-12-19(13-11-18)20-14-15-21(25)22(26)23(20)29-24(27)28/h14-19,24H,2-13H2,1H3. The molecule has 0 radical (unpaired) electrons. The first-order valence-electron chi connectivity index (χ1n) is 11.4. The highest BCUT2D eigenvalue weighted by Gasteiger charge is 2.29. The van der Waals surface area contributed by atoms with Crippen molar-refractivity contribution in [2.24, 2.45) is 17.8 Å². The molecule has 0 amide bonds. The summed E-state index contributed by atoms with van der Waals surface area (Å²) in [5.41, 5.74) is 0.542. The molecule has 0 unspecified atom stereocenters. The Morgan fingerprint density at radius 1 is 0.897 bits per heavy atom. The summed E-state index contributed by atoms with van der Waals surface area (Å²) >= 11 is 5.77. The first-order valence-corrected chi connectivity index (χ1v) is 11.8. The summed E-state index contributed by atoms with van der Waals surface area (Å²) in [7, 11) is 0. The predicted molar refractivity (Wildman–Crippen MR) is 112 cm³/mol. The van der Waals surface area contributed by atoms with Crippen molar-refractivity contribution in [1.29, 1.82) is 0 Å². The molecule has 0 aromatic heterocycles. The fourth-order valence-corrected chi connectivity index (χ4v) is 5.68. The molecule has 2 aliphatic carbocycles. The zero-order valence-electron chi connectivity index (χ0n) is 17.4. The molecule has 0 N–H and O–H groups in total. The third-order valence-electron chi connectivity index (χ3n) is 7.22. The maximum absolute atomic E-state index is 14.3. The van der Waals surface area contributed by atoms with Gasteiger partial charge in [0.1, 0.15) is 0 Å². The van der Waals surface area contributed by atoms with Crippen LogP contribution in [0.15, 0.2) is 12.1 Å². The van der Waals surface area contributed by atoms with Crippen molar-refractivity contribution in [3.05, 3.63) is 28.5 Å². The van der Waals surface area contributed by atoms with E-state index in [9.17, 15) is 13.2 Å². The van der Waals surface area contributed by atoms with Crippen LogP contribution >= 0.6 is 11.6 Å². The predicted octanol–water partition coefficient (Wildman–Crippen LogP) is 8.74. The van der Waals surface area contributed by atoms with E-state index in [0.717, 1.165) is 37.5 Å². The lowest BCUT2D eigenvalue weighted by Crippen LogP contribution is -2.18. The smallest absolute Gasteiger partial charge is 0.387 e. The van der Waals surface area contributed by atoms with Crippen molar-refractivity contribution in [2.75, 3.05) is 0 Å². The summed E-state index contributed by atoms with van der Waals surface area (Å²) in [5.74, 6) is 1.38. The Labute approximate surface area is 178 Å². The van der Waals surface area contributed by atoms with Crippen molar-refractivity contribution in [1.82, 2.24) is 0 Å². The molecule has 0 aliphatic heterocycles. The van der Waals surface area contributed by atoms with Gasteiger partial charge in [-0.25, -0.2) is 4.39 Å². The topological polar surface area (TPSA) is 9.23 Å².